The smallest absolute Gasteiger partial charge is 0.244 e. The molecule has 11 heteroatoms. The standard InChI is InChI=1S/C21H23ClN4O4S2/c1-13-19(10-18(31-13)20-24-14(2)30-25-20)32(28,29)26-9-5-7-16(12-26)21(27)23-11-15-6-3-4-8-17(15)22/h3-4,6,8,10,16H,5,7,9,11-12H2,1-2H3,(H,23,27)/t16-/m0/s1. The summed E-state index contributed by atoms with van der Waals surface area (Å²) < 4.78 is 33.1. The minimum Gasteiger partial charge on any atom is -0.352 e. The van der Waals surface area contributed by atoms with Crippen molar-refractivity contribution in [2.24, 2.45) is 5.92 Å². The van der Waals surface area contributed by atoms with Gasteiger partial charge in [0.2, 0.25) is 27.6 Å². The summed E-state index contributed by atoms with van der Waals surface area (Å²) in [6.07, 6.45) is 1.25. The van der Waals surface area contributed by atoms with Crippen molar-refractivity contribution in [3.8, 4) is 10.7 Å². The summed E-state index contributed by atoms with van der Waals surface area (Å²) in [5.41, 5.74) is 0.820. The Kier molecular flexibility index (Phi) is 6.66. The van der Waals surface area contributed by atoms with E-state index in [4.69, 9.17) is 16.1 Å². The fourth-order valence-corrected chi connectivity index (χ4v) is 6.93. The first-order valence-electron chi connectivity index (χ1n) is 10.2. The molecule has 1 amide bonds. The lowest BCUT2D eigenvalue weighted by atomic mass is 9.99. The summed E-state index contributed by atoms with van der Waals surface area (Å²) >= 11 is 7.46. The zero-order valence-corrected chi connectivity index (χ0v) is 20.1. The number of hydrogen-bond acceptors (Lipinski definition) is 7. The zero-order valence-electron chi connectivity index (χ0n) is 17.7. The normalized spacial score (nSPS) is 17.4. The molecule has 1 fully saturated rings. The molecule has 170 valence electrons. The molecule has 1 aliphatic rings. The molecule has 1 N–H and O–H groups in total. The van der Waals surface area contributed by atoms with E-state index in [1.54, 1.807) is 26.0 Å². The van der Waals surface area contributed by atoms with Crippen molar-refractivity contribution in [3.63, 3.8) is 0 Å². The first-order chi connectivity index (χ1) is 15.3. The Bertz CT molecular complexity index is 1240. The summed E-state index contributed by atoms with van der Waals surface area (Å²) in [5.74, 6) is 0.193. The van der Waals surface area contributed by atoms with Gasteiger partial charge in [-0.3, -0.25) is 4.79 Å². The van der Waals surface area contributed by atoms with Crippen LogP contribution in [-0.4, -0.2) is 41.9 Å². The molecule has 0 radical (unpaired) electrons. The molecular formula is C21H23ClN4O4S2. The number of halogens is 1. The first-order valence-corrected chi connectivity index (χ1v) is 12.8. The molecule has 4 rings (SSSR count). The van der Waals surface area contributed by atoms with Crippen LogP contribution in [0.2, 0.25) is 5.02 Å². The molecular weight excluding hydrogens is 472 g/mol. The Labute approximate surface area is 195 Å². The van der Waals surface area contributed by atoms with Crippen LogP contribution in [0.4, 0.5) is 0 Å². The quantitative estimate of drug-likeness (QED) is 0.559. The second kappa shape index (κ2) is 9.30. The maximum absolute atomic E-state index is 13.4. The second-order valence-corrected chi connectivity index (χ2v) is 11.2. The molecule has 1 saturated heterocycles. The van der Waals surface area contributed by atoms with E-state index in [9.17, 15) is 13.2 Å². The van der Waals surface area contributed by atoms with Gasteiger partial charge in [-0.15, -0.1) is 11.3 Å². The largest absolute Gasteiger partial charge is 0.352 e. The predicted molar refractivity (Wildman–Crippen MR) is 122 cm³/mol. The number of nitrogens with one attached hydrogen (secondary N) is 1. The van der Waals surface area contributed by atoms with Crippen molar-refractivity contribution in [2.75, 3.05) is 13.1 Å². The van der Waals surface area contributed by atoms with Gasteiger partial charge in [0.15, 0.2) is 0 Å². The number of rotatable bonds is 6. The SMILES string of the molecule is Cc1nc(-c2cc(S(=O)(=O)N3CCC[C@H](C(=O)NCc4ccccc4Cl)C3)c(C)s2)no1. The number of amides is 1. The van der Waals surface area contributed by atoms with E-state index in [0.29, 0.717) is 52.4 Å². The fourth-order valence-electron chi connectivity index (χ4n) is 3.71. The van der Waals surface area contributed by atoms with Gasteiger partial charge in [-0.25, -0.2) is 8.42 Å². The van der Waals surface area contributed by atoms with Gasteiger partial charge in [0.25, 0.3) is 0 Å². The van der Waals surface area contributed by atoms with Crippen LogP contribution in [-0.2, 0) is 21.4 Å². The summed E-state index contributed by atoms with van der Waals surface area (Å²) in [7, 11) is -3.76. The number of carbonyl (C=O) groups excluding carboxylic acids is 1. The highest BCUT2D eigenvalue weighted by Gasteiger charge is 2.35. The number of aromatic nitrogens is 2. The fraction of sp³-hybridized carbons (Fsp3) is 0.381. The molecule has 1 atom stereocenters. The Morgan fingerprint density at radius 2 is 2.12 bits per heavy atom. The van der Waals surface area contributed by atoms with E-state index in [1.807, 2.05) is 18.2 Å². The van der Waals surface area contributed by atoms with Gasteiger partial charge in [0.05, 0.1) is 15.7 Å². The maximum atomic E-state index is 13.4. The van der Waals surface area contributed by atoms with Crippen molar-refractivity contribution in [1.82, 2.24) is 19.8 Å². The average Bonchev–Trinajstić information content (AvgIpc) is 3.39. The van der Waals surface area contributed by atoms with Gasteiger partial charge in [0.1, 0.15) is 0 Å². The molecule has 0 aliphatic carbocycles. The van der Waals surface area contributed by atoms with Crippen LogP contribution in [0.3, 0.4) is 0 Å². The topological polar surface area (TPSA) is 105 Å². The Balaban J connectivity index is 1.47. The lowest BCUT2D eigenvalue weighted by Gasteiger charge is -2.31. The van der Waals surface area contributed by atoms with Crippen molar-refractivity contribution in [2.45, 2.75) is 38.1 Å². The van der Waals surface area contributed by atoms with Gasteiger partial charge in [0, 0.05) is 36.5 Å². The molecule has 3 heterocycles. The minimum atomic E-state index is -3.76. The maximum Gasteiger partial charge on any atom is 0.244 e. The molecule has 1 aromatic carbocycles. The number of aryl methyl sites for hydroxylation is 2. The highest BCUT2D eigenvalue weighted by Crippen LogP contribution is 2.35. The monoisotopic (exact) mass is 494 g/mol. The van der Waals surface area contributed by atoms with Crippen LogP contribution in [0.15, 0.2) is 39.8 Å². The number of thiophene rings is 1. The van der Waals surface area contributed by atoms with Gasteiger partial charge in [-0.2, -0.15) is 9.29 Å². The van der Waals surface area contributed by atoms with E-state index >= 15 is 0 Å². The molecule has 0 unspecified atom stereocenters. The van der Waals surface area contributed by atoms with Crippen molar-refractivity contribution in [3.05, 3.63) is 51.7 Å². The highest BCUT2D eigenvalue weighted by molar-refractivity contribution is 7.89. The second-order valence-electron chi connectivity index (χ2n) is 7.68. The number of hydrogen-bond donors (Lipinski definition) is 1. The van der Waals surface area contributed by atoms with Crippen molar-refractivity contribution < 1.29 is 17.7 Å². The van der Waals surface area contributed by atoms with Crippen LogP contribution in [0, 0.1) is 19.8 Å². The molecule has 32 heavy (non-hydrogen) atoms. The first kappa shape index (κ1) is 22.9. The van der Waals surface area contributed by atoms with Crippen LogP contribution >= 0.6 is 22.9 Å². The molecule has 3 aromatic rings. The van der Waals surface area contributed by atoms with Gasteiger partial charge >= 0.3 is 0 Å². The van der Waals surface area contributed by atoms with E-state index in [1.165, 1.54) is 15.6 Å². The lowest BCUT2D eigenvalue weighted by Crippen LogP contribution is -2.45. The summed E-state index contributed by atoms with van der Waals surface area (Å²) in [6, 6.07) is 8.89. The molecule has 1 aliphatic heterocycles. The Morgan fingerprint density at radius 1 is 1.34 bits per heavy atom. The summed E-state index contributed by atoms with van der Waals surface area (Å²) in [5, 5.41) is 7.35. The molecule has 0 saturated carbocycles. The number of benzene rings is 1. The van der Waals surface area contributed by atoms with E-state index in [2.05, 4.69) is 15.5 Å². The number of piperidine rings is 1. The Hall–Kier alpha value is -2.27. The third-order valence-electron chi connectivity index (χ3n) is 5.40. The van der Waals surface area contributed by atoms with E-state index < -0.39 is 15.9 Å². The van der Waals surface area contributed by atoms with Crippen LogP contribution in [0.5, 0.6) is 0 Å². The molecule has 0 spiro atoms. The predicted octanol–water partition coefficient (Wildman–Crippen LogP) is 3.79. The average molecular weight is 495 g/mol. The van der Waals surface area contributed by atoms with E-state index in [0.717, 1.165) is 5.56 Å². The molecule has 2 aromatic heterocycles. The summed E-state index contributed by atoms with van der Waals surface area (Å²) in [4.78, 5) is 18.4. The summed E-state index contributed by atoms with van der Waals surface area (Å²) in [6.45, 7) is 4.26. The molecule has 8 nitrogen and oxygen atoms in total. The van der Waals surface area contributed by atoms with Crippen molar-refractivity contribution in [1.29, 1.82) is 0 Å². The number of carbonyl (C=O) groups is 1. The number of nitrogens with zero attached hydrogens (tertiary/aromatic N) is 3. The Morgan fingerprint density at radius 3 is 2.84 bits per heavy atom. The third kappa shape index (κ3) is 4.73. The van der Waals surface area contributed by atoms with Crippen LogP contribution in [0.25, 0.3) is 10.7 Å². The third-order valence-corrected chi connectivity index (χ3v) is 8.94. The number of sulfonamides is 1. The van der Waals surface area contributed by atoms with Gasteiger partial charge in [-0.05, 0) is 37.5 Å². The van der Waals surface area contributed by atoms with Crippen molar-refractivity contribution >= 4 is 38.9 Å². The highest BCUT2D eigenvalue weighted by atomic mass is 35.5. The molecule has 0 bridgehead atoms. The zero-order chi connectivity index (χ0) is 22.9. The van der Waals surface area contributed by atoms with Gasteiger partial charge in [-0.1, -0.05) is 35.0 Å². The van der Waals surface area contributed by atoms with E-state index in [-0.39, 0.29) is 17.3 Å². The lowest BCUT2D eigenvalue weighted by molar-refractivity contribution is -0.126. The van der Waals surface area contributed by atoms with Crippen LogP contribution in [0.1, 0.15) is 29.2 Å². The van der Waals surface area contributed by atoms with Gasteiger partial charge < -0.3 is 9.84 Å². The van der Waals surface area contributed by atoms with Crippen LogP contribution < -0.4 is 5.32 Å². The minimum absolute atomic E-state index is 0.141.